The summed E-state index contributed by atoms with van der Waals surface area (Å²) in [6.45, 7) is 17.1. The van der Waals surface area contributed by atoms with Crippen LogP contribution in [0.15, 0.2) is 30.9 Å². The van der Waals surface area contributed by atoms with Crippen LogP contribution in [0.2, 0.25) is 0 Å². The van der Waals surface area contributed by atoms with Gasteiger partial charge in [0.1, 0.15) is 12.4 Å². The van der Waals surface area contributed by atoms with E-state index >= 15 is 0 Å². The summed E-state index contributed by atoms with van der Waals surface area (Å²) in [5.41, 5.74) is 2.55. The average molecular weight is 333 g/mol. The molecule has 0 aliphatic rings. The first-order chi connectivity index (χ1) is 11.2. The Morgan fingerprint density at radius 1 is 1.12 bits per heavy atom. The van der Waals surface area contributed by atoms with Gasteiger partial charge in [0.15, 0.2) is 0 Å². The first-order valence-electron chi connectivity index (χ1n) is 8.84. The van der Waals surface area contributed by atoms with Crippen molar-refractivity contribution in [3.05, 3.63) is 42.0 Å². The molecule has 3 heteroatoms. The Bertz CT molecular complexity index is 532. The van der Waals surface area contributed by atoms with E-state index in [4.69, 9.17) is 9.47 Å². The summed E-state index contributed by atoms with van der Waals surface area (Å²) in [7, 11) is 0. The van der Waals surface area contributed by atoms with Crippen LogP contribution in [0.3, 0.4) is 0 Å². The molecule has 135 valence electrons. The molecule has 3 nitrogen and oxygen atoms in total. The number of benzene rings is 1. The van der Waals surface area contributed by atoms with E-state index in [0.29, 0.717) is 0 Å². The lowest BCUT2D eigenvalue weighted by Crippen LogP contribution is -2.24. The number of hydrogen-bond donors (Lipinski definition) is 0. The normalized spacial score (nSPS) is 13.6. The van der Waals surface area contributed by atoms with E-state index in [-0.39, 0.29) is 24.0 Å². The molecule has 0 saturated carbocycles. The lowest BCUT2D eigenvalue weighted by atomic mass is 9.76. The maximum atomic E-state index is 11.8. The monoisotopic (exact) mass is 333 g/mol. The minimum atomic E-state index is -1.20. The van der Waals surface area contributed by atoms with Gasteiger partial charge in [-0.2, -0.15) is 5.11 Å². The molecule has 0 bridgehead atoms. The summed E-state index contributed by atoms with van der Waals surface area (Å²) in [5.74, 6) is 0.778. The summed E-state index contributed by atoms with van der Waals surface area (Å²) in [4.78, 5) is 0. The van der Waals surface area contributed by atoms with Gasteiger partial charge in [0, 0.05) is 5.56 Å². The van der Waals surface area contributed by atoms with Crippen LogP contribution in [0.4, 0.5) is 0 Å². The third kappa shape index (κ3) is 5.35. The maximum absolute atomic E-state index is 11.8. The summed E-state index contributed by atoms with van der Waals surface area (Å²) in [6.07, 6.45) is 2.43. The molecule has 0 saturated heterocycles. The molecule has 0 fully saturated rings. The summed E-state index contributed by atoms with van der Waals surface area (Å²) in [5, 5.41) is 11.8. The van der Waals surface area contributed by atoms with E-state index in [1.54, 1.807) is 6.08 Å². The van der Waals surface area contributed by atoms with Crippen molar-refractivity contribution in [3.63, 3.8) is 0 Å². The fourth-order valence-electron chi connectivity index (χ4n) is 2.38. The van der Waals surface area contributed by atoms with Crippen LogP contribution in [0.25, 0.3) is 0 Å². The van der Waals surface area contributed by atoms with Gasteiger partial charge >= 0.3 is 0 Å². The van der Waals surface area contributed by atoms with Crippen molar-refractivity contribution in [3.8, 4) is 5.75 Å². The van der Waals surface area contributed by atoms with E-state index in [9.17, 15) is 5.11 Å². The van der Waals surface area contributed by atoms with E-state index < -0.39 is 6.29 Å². The largest absolute Gasteiger partial charge is 0.488 e. The van der Waals surface area contributed by atoms with Gasteiger partial charge in [-0.3, -0.25) is 0 Å². The quantitative estimate of drug-likeness (QED) is 0.425. The molecule has 24 heavy (non-hydrogen) atoms. The second kappa shape index (κ2) is 8.68. The highest BCUT2D eigenvalue weighted by Crippen LogP contribution is 2.38. The van der Waals surface area contributed by atoms with Gasteiger partial charge in [0.25, 0.3) is 0 Å². The molecule has 1 atom stereocenters. The molecule has 1 aromatic carbocycles. The van der Waals surface area contributed by atoms with Gasteiger partial charge in [-0.25, -0.2) is 0 Å². The summed E-state index contributed by atoms with van der Waals surface area (Å²) < 4.78 is 10.9. The first-order valence-corrected chi connectivity index (χ1v) is 8.84. The van der Waals surface area contributed by atoms with Crippen molar-refractivity contribution in [1.29, 1.82) is 0 Å². The molecule has 0 aliphatic heterocycles. The van der Waals surface area contributed by atoms with E-state index in [1.807, 2.05) is 6.07 Å². The molecule has 1 rings (SSSR count). The summed E-state index contributed by atoms with van der Waals surface area (Å²) in [6, 6.07) is 6.35. The van der Waals surface area contributed by atoms with E-state index in [2.05, 4.69) is 60.3 Å². The van der Waals surface area contributed by atoms with Crippen LogP contribution in [0, 0.1) is 0 Å². The molecule has 0 aliphatic carbocycles. The van der Waals surface area contributed by atoms with Gasteiger partial charge in [0.2, 0.25) is 6.29 Å². The Labute approximate surface area is 147 Å². The lowest BCUT2D eigenvalue weighted by Gasteiger charge is -2.30. The van der Waals surface area contributed by atoms with Gasteiger partial charge in [-0.05, 0) is 35.3 Å². The molecule has 1 unspecified atom stereocenters. The highest BCUT2D eigenvalue weighted by molar-refractivity contribution is 5.44. The number of hydrogen-bond acceptors (Lipinski definition) is 2. The van der Waals surface area contributed by atoms with Crippen LogP contribution < -0.4 is 4.74 Å². The topological polar surface area (TPSA) is 38.4 Å². The first kappa shape index (κ1) is 20.7. The van der Waals surface area contributed by atoms with Crippen LogP contribution in [-0.4, -0.2) is 19.5 Å². The van der Waals surface area contributed by atoms with Gasteiger partial charge < -0.3 is 9.47 Å². The van der Waals surface area contributed by atoms with Crippen molar-refractivity contribution in [2.45, 2.75) is 71.5 Å². The van der Waals surface area contributed by atoms with Crippen molar-refractivity contribution in [2.75, 3.05) is 13.2 Å². The predicted octanol–water partition coefficient (Wildman–Crippen LogP) is 5.40. The second-order valence-electron chi connectivity index (χ2n) is 7.55. The minimum Gasteiger partial charge on any atom is -0.488 e. The molecule has 0 spiro atoms. The molecule has 1 aromatic rings. The molecular weight excluding hydrogens is 300 g/mol. The van der Waals surface area contributed by atoms with Gasteiger partial charge in [-0.1, -0.05) is 59.8 Å². The second-order valence-corrected chi connectivity index (χ2v) is 7.55. The van der Waals surface area contributed by atoms with E-state index in [1.165, 1.54) is 5.56 Å². The molecule has 0 aromatic heterocycles. The third-order valence-corrected chi connectivity index (χ3v) is 5.03. The summed E-state index contributed by atoms with van der Waals surface area (Å²) >= 11 is 0. The van der Waals surface area contributed by atoms with Crippen molar-refractivity contribution in [2.24, 2.45) is 0 Å². The van der Waals surface area contributed by atoms with Crippen molar-refractivity contribution < 1.29 is 14.6 Å². The molecule has 0 N–H and O–H groups in total. The SMILES string of the molecule is C=CCOC([O])COc1ccc(C(C)(C)CC)cc1C(C)(C)CC. The Kier molecular flexibility index (Phi) is 7.50. The molecule has 0 heterocycles. The molecule has 1 radical (unpaired) electrons. The average Bonchev–Trinajstić information content (AvgIpc) is 2.57. The van der Waals surface area contributed by atoms with Crippen molar-refractivity contribution in [1.82, 2.24) is 0 Å². The third-order valence-electron chi connectivity index (χ3n) is 5.03. The Hall–Kier alpha value is -1.32. The van der Waals surface area contributed by atoms with Crippen LogP contribution >= 0.6 is 0 Å². The van der Waals surface area contributed by atoms with Crippen LogP contribution in [0.5, 0.6) is 5.75 Å². The minimum absolute atomic E-state index is 0.00283. The Balaban J connectivity index is 3.09. The zero-order chi connectivity index (χ0) is 18.4. The van der Waals surface area contributed by atoms with Crippen molar-refractivity contribution >= 4 is 0 Å². The lowest BCUT2D eigenvalue weighted by molar-refractivity contribution is -0.149. The zero-order valence-corrected chi connectivity index (χ0v) is 16.1. The predicted molar refractivity (Wildman–Crippen MR) is 99.2 cm³/mol. The molecule has 0 amide bonds. The Morgan fingerprint density at radius 2 is 1.75 bits per heavy atom. The van der Waals surface area contributed by atoms with Crippen LogP contribution in [-0.2, 0) is 20.7 Å². The van der Waals surface area contributed by atoms with E-state index in [0.717, 1.165) is 24.2 Å². The highest BCUT2D eigenvalue weighted by atomic mass is 16.6. The number of ether oxygens (including phenoxy) is 2. The van der Waals surface area contributed by atoms with Gasteiger partial charge in [-0.15, -0.1) is 6.58 Å². The smallest absolute Gasteiger partial charge is 0.226 e. The standard InChI is InChI=1S/C21H33O3/c1-8-13-23-19(22)15-24-18-12-11-16(20(4,5)9-2)14-17(18)21(6,7)10-3/h8,11-12,14,19H,1,9-10,13,15H2,2-7H3. The van der Waals surface area contributed by atoms with Crippen LogP contribution in [0.1, 0.15) is 65.5 Å². The molecular formula is C21H33O3. The fraction of sp³-hybridized carbons (Fsp3) is 0.619. The van der Waals surface area contributed by atoms with Gasteiger partial charge in [0.05, 0.1) is 6.61 Å². The number of rotatable bonds is 10. The fourth-order valence-corrected chi connectivity index (χ4v) is 2.38. The maximum Gasteiger partial charge on any atom is 0.226 e. The zero-order valence-electron chi connectivity index (χ0n) is 16.1. The Morgan fingerprint density at radius 3 is 2.29 bits per heavy atom. The highest BCUT2D eigenvalue weighted by Gasteiger charge is 2.26.